The number of anilines is 3. The molecule has 10 heteroatoms. The number of benzene rings is 2. The van der Waals surface area contributed by atoms with Crippen LogP contribution in [0.25, 0.3) is 0 Å². The van der Waals surface area contributed by atoms with E-state index in [4.69, 9.17) is 9.47 Å². The SMILES string of the molecule is COc1ccc(N2CN(c3ccc(F)c(OC)c3C)c3cc(C(F)(F)F)ccc3C2=O)c(C)n1. The summed E-state index contributed by atoms with van der Waals surface area (Å²) in [5, 5.41) is 0. The molecule has 0 bridgehead atoms. The summed E-state index contributed by atoms with van der Waals surface area (Å²) in [7, 11) is 2.78. The Morgan fingerprint density at radius 2 is 1.62 bits per heavy atom. The first-order valence-corrected chi connectivity index (χ1v) is 10.2. The first-order chi connectivity index (χ1) is 16.1. The zero-order chi connectivity index (χ0) is 24.8. The maximum absolute atomic E-state index is 14.3. The minimum atomic E-state index is -4.60. The van der Waals surface area contributed by atoms with E-state index in [2.05, 4.69) is 4.98 Å². The lowest BCUT2D eigenvalue weighted by Crippen LogP contribution is -2.45. The fourth-order valence-corrected chi connectivity index (χ4v) is 4.05. The van der Waals surface area contributed by atoms with Gasteiger partial charge in [-0.15, -0.1) is 0 Å². The first-order valence-electron chi connectivity index (χ1n) is 10.2. The summed E-state index contributed by atoms with van der Waals surface area (Å²) < 4.78 is 65.1. The van der Waals surface area contributed by atoms with Crippen molar-refractivity contribution in [2.45, 2.75) is 20.0 Å². The molecule has 1 aromatic heterocycles. The van der Waals surface area contributed by atoms with Gasteiger partial charge >= 0.3 is 6.18 Å². The van der Waals surface area contributed by atoms with E-state index < -0.39 is 23.5 Å². The zero-order valence-corrected chi connectivity index (χ0v) is 18.8. The van der Waals surface area contributed by atoms with Crippen molar-refractivity contribution in [3.8, 4) is 11.6 Å². The molecule has 0 unspecified atom stereocenters. The summed E-state index contributed by atoms with van der Waals surface area (Å²) in [5.41, 5.74) is 0.973. The van der Waals surface area contributed by atoms with Crippen molar-refractivity contribution in [1.29, 1.82) is 0 Å². The van der Waals surface area contributed by atoms with Crippen LogP contribution in [0.1, 0.15) is 27.2 Å². The van der Waals surface area contributed by atoms with Gasteiger partial charge in [-0.2, -0.15) is 13.2 Å². The Kier molecular flexibility index (Phi) is 5.84. The molecule has 2 aromatic carbocycles. The molecule has 1 aliphatic rings. The highest BCUT2D eigenvalue weighted by atomic mass is 19.4. The van der Waals surface area contributed by atoms with Gasteiger partial charge < -0.3 is 14.4 Å². The molecule has 0 radical (unpaired) electrons. The maximum atomic E-state index is 14.3. The number of ether oxygens (including phenoxy) is 2. The Labute approximate surface area is 193 Å². The molecule has 0 aliphatic carbocycles. The van der Waals surface area contributed by atoms with E-state index in [1.807, 2.05) is 0 Å². The van der Waals surface area contributed by atoms with Crippen LogP contribution in [0.5, 0.6) is 11.6 Å². The molecule has 2 heterocycles. The number of methoxy groups -OCH3 is 2. The minimum absolute atomic E-state index is 0.0308. The number of rotatable bonds is 4. The molecular weight excluding hydrogens is 454 g/mol. The van der Waals surface area contributed by atoms with Crippen molar-refractivity contribution in [2.24, 2.45) is 0 Å². The van der Waals surface area contributed by atoms with Crippen molar-refractivity contribution in [3.05, 3.63) is 70.7 Å². The lowest BCUT2D eigenvalue weighted by atomic mass is 10.0. The summed E-state index contributed by atoms with van der Waals surface area (Å²) >= 11 is 0. The highest BCUT2D eigenvalue weighted by Crippen LogP contribution is 2.42. The van der Waals surface area contributed by atoms with Gasteiger partial charge in [0.1, 0.15) is 6.67 Å². The number of nitrogens with zero attached hydrogens (tertiary/aromatic N) is 3. The molecule has 4 rings (SSSR count). The Morgan fingerprint density at radius 1 is 0.912 bits per heavy atom. The van der Waals surface area contributed by atoms with Crippen LogP contribution >= 0.6 is 0 Å². The Bertz CT molecular complexity index is 1280. The molecular formula is C24H21F4N3O3. The third-order valence-corrected chi connectivity index (χ3v) is 5.73. The van der Waals surface area contributed by atoms with Gasteiger partial charge in [-0.25, -0.2) is 9.37 Å². The number of carbonyl (C=O) groups is 1. The van der Waals surface area contributed by atoms with Crippen molar-refractivity contribution < 1.29 is 31.8 Å². The second kappa shape index (κ2) is 8.51. The predicted octanol–water partition coefficient (Wildman–Crippen LogP) is 5.63. The monoisotopic (exact) mass is 475 g/mol. The normalized spacial score (nSPS) is 13.7. The van der Waals surface area contributed by atoms with Crippen LogP contribution in [0.2, 0.25) is 0 Å². The van der Waals surface area contributed by atoms with Crippen LogP contribution in [0.4, 0.5) is 34.6 Å². The van der Waals surface area contributed by atoms with E-state index in [1.54, 1.807) is 26.0 Å². The molecule has 0 spiro atoms. The van der Waals surface area contributed by atoms with Gasteiger partial charge in [-0.3, -0.25) is 9.69 Å². The quantitative estimate of drug-likeness (QED) is 0.458. The van der Waals surface area contributed by atoms with Gasteiger partial charge in [-0.1, -0.05) is 0 Å². The highest BCUT2D eigenvalue weighted by Gasteiger charge is 2.37. The second-order valence-electron chi connectivity index (χ2n) is 7.72. The van der Waals surface area contributed by atoms with Crippen LogP contribution < -0.4 is 19.3 Å². The largest absolute Gasteiger partial charge is 0.493 e. The summed E-state index contributed by atoms with van der Waals surface area (Å²) in [6.07, 6.45) is -4.60. The average molecular weight is 475 g/mol. The van der Waals surface area contributed by atoms with Crippen LogP contribution in [0.15, 0.2) is 42.5 Å². The molecule has 0 saturated carbocycles. The maximum Gasteiger partial charge on any atom is 0.416 e. The lowest BCUT2D eigenvalue weighted by Gasteiger charge is -2.39. The smallest absolute Gasteiger partial charge is 0.416 e. The second-order valence-corrected chi connectivity index (χ2v) is 7.72. The number of aryl methyl sites for hydroxylation is 1. The van der Waals surface area contributed by atoms with Crippen LogP contribution in [-0.2, 0) is 6.18 Å². The first kappa shape index (κ1) is 23.3. The van der Waals surface area contributed by atoms with Crippen LogP contribution in [-0.4, -0.2) is 31.8 Å². The predicted molar refractivity (Wildman–Crippen MR) is 118 cm³/mol. The lowest BCUT2D eigenvalue weighted by molar-refractivity contribution is -0.137. The molecule has 1 amide bonds. The third kappa shape index (κ3) is 3.89. The van der Waals surface area contributed by atoms with Gasteiger partial charge in [-0.05, 0) is 50.2 Å². The topological polar surface area (TPSA) is 54.9 Å². The van der Waals surface area contributed by atoms with Gasteiger partial charge in [0.05, 0.1) is 42.4 Å². The number of aromatic nitrogens is 1. The van der Waals surface area contributed by atoms with Crippen molar-refractivity contribution >= 4 is 23.0 Å². The standard InChI is InChI=1S/C24H21F4N3O3/c1-13-18(8-7-17(25)22(13)34-4)30-12-31(19-9-10-21(33-3)29-14(19)2)23(32)16-6-5-15(11-20(16)30)24(26,27)28/h5-11H,12H2,1-4H3. The van der Waals surface area contributed by atoms with Gasteiger partial charge in [0.25, 0.3) is 5.91 Å². The number of halogens is 4. The summed E-state index contributed by atoms with van der Waals surface area (Å²) in [6, 6.07) is 8.83. The highest BCUT2D eigenvalue weighted by molar-refractivity contribution is 6.13. The molecule has 0 atom stereocenters. The minimum Gasteiger partial charge on any atom is -0.493 e. The van der Waals surface area contributed by atoms with E-state index in [1.165, 1.54) is 36.2 Å². The Morgan fingerprint density at radius 3 is 2.24 bits per heavy atom. The zero-order valence-electron chi connectivity index (χ0n) is 18.8. The molecule has 1 aliphatic heterocycles. The number of amides is 1. The summed E-state index contributed by atoms with van der Waals surface area (Å²) in [4.78, 5) is 20.6. The third-order valence-electron chi connectivity index (χ3n) is 5.73. The van der Waals surface area contributed by atoms with E-state index in [0.717, 1.165) is 18.2 Å². The number of fused-ring (bicyclic) bond motifs is 1. The summed E-state index contributed by atoms with van der Waals surface area (Å²) in [6.45, 7) is 3.17. The van der Waals surface area contributed by atoms with E-state index >= 15 is 0 Å². The molecule has 6 nitrogen and oxygen atoms in total. The van der Waals surface area contributed by atoms with Crippen LogP contribution in [0, 0.1) is 19.7 Å². The molecule has 178 valence electrons. The number of hydrogen-bond acceptors (Lipinski definition) is 5. The number of alkyl halides is 3. The van der Waals surface area contributed by atoms with Crippen molar-refractivity contribution in [2.75, 3.05) is 30.7 Å². The number of carbonyl (C=O) groups excluding carboxylic acids is 1. The average Bonchev–Trinajstić information content (AvgIpc) is 2.79. The Balaban J connectivity index is 1.93. The number of pyridine rings is 1. The fourth-order valence-electron chi connectivity index (χ4n) is 4.05. The Hall–Kier alpha value is -3.82. The van der Waals surface area contributed by atoms with E-state index in [0.29, 0.717) is 28.5 Å². The molecule has 0 N–H and O–H groups in total. The van der Waals surface area contributed by atoms with Crippen molar-refractivity contribution in [1.82, 2.24) is 4.98 Å². The number of hydrogen-bond donors (Lipinski definition) is 0. The van der Waals surface area contributed by atoms with Crippen LogP contribution in [0.3, 0.4) is 0 Å². The van der Waals surface area contributed by atoms with Gasteiger partial charge in [0.15, 0.2) is 11.6 Å². The van der Waals surface area contributed by atoms with E-state index in [-0.39, 0.29) is 23.7 Å². The summed E-state index contributed by atoms with van der Waals surface area (Å²) in [5.74, 6) is -0.761. The molecule has 0 fully saturated rings. The van der Waals surface area contributed by atoms with E-state index in [9.17, 15) is 22.4 Å². The fraction of sp³-hybridized carbons (Fsp3) is 0.250. The van der Waals surface area contributed by atoms with Gasteiger partial charge in [0, 0.05) is 17.3 Å². The molecule has 3 aromatic rings. The molecule has 34 heavy (non-hydrogen) atoms. The van der Waals surface area contributed by atoms with Gasteiger partial charge in [0.2, 0.25) is 5.88 Å². The van der Waals surface area contributed by atoms with Crippen molar-refractivity contribution in [3.63, 3.8) is 0 Å². The molecule has 0 saturated heterocycles.